The van der Waals surface area contributed by atoms with Gasteiger partial charge in [0.15, 0.2) is 0 Å². The van der Waals surface area contributed by atoms with Crippen LogP contribution in [0.5, 0.6) is 0 Å². The van der Waals surface area contributed by atoms with E-state index in [4.69, 9.17) is 0 Å². The Morgan fingerprint density at radius 2 is 2.04 bits per heavy atom. The Bertz CT molecular complexity index is 725. The first-order valence-electron chi connectivity index (χ1n) is 8.75. The summed E-state index contributed by atoms with van der Waals surface area (Å²) in [5.41, 5.74) is 3.00. The Labute approximate surface area is 137 Å². The van der Waals surface area contributed by atoms with Crippen LogP contribution in [0, 0.1) is 5.41 Å². The molecular weight excluding hydrogens is 286 g/mol. The molecule has 2 aliphatic rings. The lowest BCUT2D eigenvalue weighted by Gasteiger charge is -2.38. The first kappa shape index (κ1) is 14.8. The van der Waals surface area contributed by atoms with Crippen LogP contribution in [0.2, 0.25) is 0 Å². The quantitative estimate of drug-likeness (QED) is 0.946. The number of fused-ring (bicyclic) bond motifs is 1. The fraction of sp³-hybridized carbons (Fsp3) is 0.526. The molecule has 0 bridgehead atoms. The van der Waals surface area contributed by atoms with Crippen molar-refractivity contribution in [2.24, 2.45) is 5.41 Å². The van der Waals surface area contributed by atoms with E-state index in [1.54, 1.807) is 0 Å². The number of amides is 1. The largest absolute Gasteiger partial charge is 0.356 e. The zero-order chi connectivity index (χ0) is 15.9. The molecule has 0 unspecified atom stereocenters. The van der Waals surface area contributed by atoms with Gasteiger partial charge in [-0.15, -0.1) is 0 Å². The molecule has 1 spiro atoms. The summed E-state index contributed by atoms with van der Waals surface area (Å²) in [5.74, 6) is 0.240. The first-order chi connectivity index (χ1) is 11.2. The number of piperidine rings is 1. The first-order valence-corrected chi connectivity index (χ1v) is 8.75. The van der Waals surface area contributed by atoms with Gasteiger partial charge in [0.05, 0.1) is 0 Å². The minimum atomic E-state index is 0.240. The fourth-order valence-corrected chi connectivity index (χ4v) is 4.23. The van der Waals surface area contributed by atoms with Crippen molar-refractivity contribution >= 4 is 16.8 Å². The van der Waals surface area contributed by atoms with E-state index < -0.39 is 0 Å². The van der Waals surface area contributed by atoms with Crippen LogP contribution in [-0.2, 0) is 17.9 Å². The Balaban J connectivity index is 1.47. The van der Waals surface area contributed by atoms with Gasteiger partial charge in [0.1, 0.15) is 0 Å². The smallest absolute Gasteiger partial charge is 0.220 e. The Hall–Kier alpha value is -1.81. The highest BCUT2D eigenvalue weighted by atomic mass is 16.1. The van der Waals surface area contributed by atoms with Crippen LogP contribution in [0.1, 0.15) is 31.7 Å². The van der Waals surface area contributed by atoms with Crippen LogP contribution < -0.4 is 5.32 Å². The van der Waals surface area contributed by atoms with Crippen LogP contribution in [0.25, 0.3) is 10.9 Å². The molecular formula is C19H25N3O. The monoisotopic (exact) mass is 311 g/mol. The molecule has 3 heterocycles. The lowest BCUT2D eigenvalue weighted by Crippen LogP contribution is -2.40. The zero-order valence-corrected chi connectivity index (χ0v) is 13.8. The molecule has 1 amide bonds. The van der Waals surface area contributed by atoms with Gasteiger partial charge in [-0.05, 0) is 56.0 Å². The lowest BCUT2D eigenvalue weighted by atomic mass is 9.77. The van der Waals surface area contributed by atoms with Gasteiger partial charge < -0.3 is 9.88 Å². The molecule has 2 aromatic rings. The van der Waals surface area contributed by atoms with Crippen molar-refractivity contribution in [2.75, 3.05) is 19.6 Å². The highest BCUT2D eigenvalue weighted by Crippen LogP contribution is 2.38. The number of benzene rings is 1. The Kier molecular flexibility index (Phi) is 3.64. The molecule has 1 aromatic carbocycles. The van der Waals surface area contributed by atoms with Crippen LogP contribution in [0.4, 0.5) is 0 Å². The number of carbonyl (C=O) groups excluding carboxylic acids is 1. The molecule has 4 nitrogen and oxygen atoms in total. The molecule has 4 heteroatoms. The molecule has 0 aliphatic carbocycles. The predicted molar refractivity (Wildman–Crippen MR) is 92.2 cm³/mol. The second-order valence-electron chi connectivity index (χ2n) is 7.18. The molecule has 23 heavy (non-hydrogen) atoms. The van der Waals surface area contributed by atoms with Gasteiger partial charge in [-0.3, -0.25) is 9.69 Å². The van der Waals surface area contributed by atoms with Gasteiger partial charge >= 0.3 is 0 Å². The maximum atomic E-state index is 11.5. The third kappa shape index (κ3) is 2.65. The summed E-state index contributed by atoms with van der Waals surface area (Å²) in [5, 5.41) is 4.40. The number of nitrogens with one attached hydrogen (secondary N) is 1. The number of likely N-dealkylation sites (tertiary alicyclic amines) is 1. The molecule has 2 saturated heterocycles. The summed E-state index contributed by atoms with van der Waals surface area (Å²) in [6, 6.07) is 8.89. The molecule has 0 saturated carbocycles. The number of hydrogen-bond acceptors (Lipinski definition) is 2. The molecule has 4 rings (SSSR count). The van der Waals surface area contributed by atoms with E-state index >= 15 is 0 Å². The third-order valence-electron chi connectivity index (χ3n) is 5.75. The van der Waals surface area contributed by atoms with Crippen LogP contribution in [-0.4, -0.2) is 35.0 Å². The van der Waals surface area contributed by atoms with Crippen molar-refractivity contribution in [2.45, 2.75) is 39.3 Å². The zero-order valence-electron chi connectivity index (χ0n) is 13.8. The average molecular weight is 311 g/mol. The summed E-state index contributed by atoms with van der Waals surface area (Å²) < 4.78 is 2.31. The lowest BCUT2D eigenvalue weighted by molar-refractivity contribution is -0.119. The van der Waals surface area contributed by atoms with Gasteiger partial charge in [0, 0.05) is 43.2 Å². The van der Waals surface area contributed by atoms with Crippen molar-refractivity contribution in [3.63, 3.8) is 0 Å². The summed E-state index contributed by atoms with van der Waals surface area (Å²) in [4.78, 5) is 14.1. The van der Waals surface area contributed by atoms with Crippen molar-refractivity contribution < 1.29 is 4.79 Å². The summed E-state index contributed by atoms with van der Waals surface area (Å²) in [7, 11) is 0. The number of aromatic nitrogens is 1. The van der Waals surface area contributed by atoms with Gasteiger partial charge in [-0.25, -0.2) is 0 Å². The van der Waals surface area contributed by atoms with Gasteiger partial charge in [-0.1, -0.05) is 12.1 Å². The number of rotatable bonds is 3. The van der Waals surface area contributed by atoms with E-state index in [1.807, 2.05) is 0 Å². The molecule has 2 fully saturated rings. The van der Waals surface area contributed by atoms with Gasteiger partial charge in [0.25, 0.3) is 0 Å². The SMILES string of the molecule is CCn1ccc2c(CN3CCC4(CC3)CNC(=O)C4)cccc21. The summed E-state index contributed by atoms with van der Waals surface area (Å²) in [6.07, 6.45) is 5.19. The minimum Gasteiger partial charge on any atom is -0.356 e. The molecule has 0 atom stereocenters. The van der Waals surface area contributed by atoms with Gasteiger partial charge in [0.2, 0.25) is 5.91 Å². The number of nitrogens with zero attached hydrogens (tertiary/aromatic N) is 2. The maximum absolute atomic E-state index is 11.5. The number of hydrogen-bond donors (Lipinski definition) is 1. The predicted octanol–water partition coefficient (Wildman–Crippen LogP) is 2.76. The molecule has 0 radical (unpaired) electrons. The van der Waals surface area contributed by atoms with E-state index in [2.05, 4.69) is 52.2 Å². The second-order valence-corrected chi connectivity index (χ2v) is 7.18. The van der Waals surface area contributed by atoms with Crippen molar-refractivity contribution in [1.82, 2.24) is 14.8 Å². The summed E-state index contributed by atoms with van der Waals surface area (Å²) in [6.45, 7) is 7.30. The van der Waals surface area contributed by atoms with E-state index in [9.17, 15) is 4.79 Å². The summed E-state index contributed by atoms with van der Waals surface area (Å²) >= 11 is 0. The molecule has 122 valence electrons. The van der Waals surface area contributed by atoms with Crippen LogP contribution in [0.3, 0.4) is 0 Å². The van der Waals surface area contributed by atoms with Crippen molar-refractivity contribution in [1.29, 1.82) is 0 Å². The van der Waals surface area contributed by atoms with Crippen molar-refractivity contribution in [3.05, 3.63) is 36.0 Å². The number of aryl methyl sites for hydroxylation is 1. The van der Waals surface area contributed by atoms with Crippen LogP contribution in [0.15, 0.2) is 30.5 Å². The highest BCUT2D eigenvalue weighted by Gasteiger charge is 2.40. The molecule has 1 N–H and O–H groups in total. The van der Waals surface area contributed by atoms with E-state index in [-0.39, 0.29) is 11.3 Å². The van der Waals surface area contributed by atoms with E-state index in [0.29, 0.717) is 0 Å². The molecule has 2 aliphatic heterocycles. The fourth-order valence-electron chi connectivity index (χ4n) is 4.23. The maximum Gasteiger partial charge on any atom is 0.220 e. The normalized spacial score (nSPS) is 21.2. The van der Waals surface area contributed by atoms with Crippen LogP contribution >= 0.6 is 0 Å². The Morgan fingerprint density at radius 1 is 1.22 bits per heavy atom. The number of carbonyl (C=O) groups is 1. The standard InChI is InChI=1S/C19H25N3O/c1-2-22-9-6-16-15(4-3-5-17(16)22)13-21-10-7-19(8-11-21)12-18(23)20-14-19/h3-6,9H,2,7-8,10-14H2,1H3,(H,20,23). The Morgan fingerprint density at radius 3 is 2.74 bits per heavy atom. The second kappa shape index (κ2) is 5.68. The highest BCUT2D eigenvalue weighted by molar-refractivity contribution is 5.83. The van der Waals surface area contributed by atoms with E-state index in [1.165, 1.54) is 16.5 Å². The third-order valence-corrected chi connectivity index (χ3v) is 5.75. The van der Waals surface area contributed by atoms with Gasteiger partial charge in [-0.2, -0.15) is 0 Å². The topological polar surface area (TPSA) is 37.3 Å². The average Bonchev–Trinajstić information content (AvgIpc) is 3.14. The van der Waals surface area contributed by atoms with E-state index in [0.717, 1.165) is 52.0 Å². The minimum absolute atomic E-state index is 0.240. The molecule has 1 aromatic heterocycles. The van der Waals surface area contributed by atoms with Crippen molar-refractivity contribution in [3.8, 4) is 0 Å².